The molecule has 1 aromatic carbocycles. The van der Waals surface area contributed by atoms with Crippen molar-refractivity contribution in [2.45, 2.75) is 32.2 Å². The van der Waals surface area contributed by atoms with Crippen LogP contribution in [0.4, 0.5) is 26.4 Å². The molecule has 1 aliphatic rings. The van der Waals surface area contributed by atoms with Crippen molar-refractivity contribution in [2.24, 2.45) is 0 Å². The van der Waals surface area contributed by atoms with E-state index in [-0.39, 0.29) is 6.54 Å². The van der Waals surface area contributed by atoms with Gasteiger partial charge >= 0.3 is 0 Å². The van der Waals surface area contributed by atoms with Crippen molar-refractivity contribution in [1.82, 2.24) is 25.3 Å². The molecule has 31 heavy (non-hydrogen) atoms. The molecule has 1 saturated carbocycles. The summed E-state index contributed by atoms with van der Waals surface area (Å²) in [4.78, 5) is 8.84. The lowest BCUT2D eigenvalue weighted by Crippen LogP contribution is -2.06. The zero-order valence-electron chi connectivity index (χ0n) is 16.6. The van der Waals surface area contributed by atoms with E-state index in [1.54, 1.807) is 6.07 Å². The van der Waals surface area contributed by atoms with Crippen LogP contribution in [0.5, 0.6) is 0 Å². The van der Waals surface area contributed by atoms with Crippen molar-refractivity contribution < 1.29 is 13.3 Å². The fourth-order valence-corrected chi connectivity index (χ4v) is 3.20. The van der Waals surface area contributed by atoms with Crippen molar-refractivity contribution in [3.63, 3.8) is 0 Å². The Balaban J connectivity index is 1.26. The van der Waals surface area contributed by atoms with Gasteiger partial charge in [-0.3, -0.25) is 5.10 Å². The van der Waals surface area contributed by atoms with Gasteiger partial charge in [-0.15, -0.1) is 0 Å². The van der Waals surface area contributed by atoms with Gasteiger partial charge in [0.15, 0.2) is 23.2 Å². The number of benzene rings is 1. The topological polar surface area (TPSA) is 105 Å². The molecule has 10 heteroatoms. The number of aromatic nitrogens is 5. The summed E-state index contributed by atoms with van der Waals surface area (Å²) in [5.74, 6) is 0.974. The lowest BCUT2D eigenvalue weighted by Gasteiger charge is -2.07. The molecule has 158 valence electrons. The second-order valence-electron chi connectivity index (χ2n) is 7.49. The fourth-order valence-electron chi connectivity index (χ4n) is 3.20. The van der Waals surface area contributed by atoms with E-state index in [4.69, 9.17) is 4.52 Å². The molecule has 0 unspecified atom stereocenters. The SMILES string of the molecule is Cc1cc(Nc2cc(C3CC3)[nH]n2)nc(NCc2cc(-c3ccc(F)c(F)c3)no2)n1. The second-order valence-corrected chi connectivity index (χ2v) is 7.49. The molecule has 0 radical (unpaired) electrons. The van der Waals surface area contributed by atoms with Crippen molar-refractivity contribution in [2.75, 3.05) is 10.6 Å². The Kier molecular flexibility index (Phi) is 4.81. The monoisotopic (exact) mass is 423 g/mol. The summed E-state index contributed by atoms with van der Waals surface area (Å²) < 4.78 is 31.8. The Morgan fingerprint density at radius 3 is 2.74 bits per heavy atom. The molecule has 8 nitrogen and oxygen atoms in total. The van der Waals surface area contributed by atoms with Gasteiger partial charge in [-0.25, -0.2) is 13.8 Å². The Morgan fingerprint density at radius 2 is 1.94 bits per heavy atom. The van der Waals surface area contributed by atoms with Crippen LogP contribution in [0.15, 0.2) is 40.9 Å². The minimum atomic E-state index is -0.936. The van der Waals surface area contributed by atoms with E-state index in [9.17, 15) is 8.78 Å². The van der Waals surface area contributed by atoms with Gasteiger partial charge in [0.1, 0.15) is 11.5 Å². The lowest BCUT2D eigenvalue weighted by molar-refractivity contribution is 0.390. The van der Waals surface area contributed by atoms with E-state index in [0.717, 1.165) is 23.5 Å². The van der Waals surface area contributed by atoms with Crippen molar-refractivity contribution in [3.8, 4) is 11.3 Å². The number of rotatable bonds is 7. The van der Waals surface area contributed by atoms with E-state index in [1.165, 1.54) is 18.9 Å². The maximum absolute atomic E-state index is 13.4. The van der Waals surface area contributed by atoms with Crippen LogP contribution in [-0.4, -0.2) is 25.3 Å². The first kappa shape index (κ1) is 19.2. The van der Waals surface area contributed by atoms with Gasteiger partial charge in [-0.2, -0.15) is 10.1 Å². The Bertz CT molecular complexity index is 1230. The maximum atomic E-state index is 13.4. The summed E-state index contributed by atoms with van der Waals surface area (Å²) in [5.41, 5.74) is 2.75. The average Bonchev–Trinajstić information content (AvgIpc) is 3.30. The first-order valence-corrected chi connectivity index (χ1v) is 9.86. The highest BCUT2D eigenvalue weighted by atomic mass is 19.2. The number of nitrogens with zero attached hydrogens (tertiary/aromatic N) is 4. The molecule has 1 fully saturated rings. The van der Waals surface area contributed by atoms with E-state index < -0.39 is 11.6 Å². The average molecular weight is 423 g/mol. The van der Waals surface area contributed by atoms with Crippen LogP contribution in [0.25, 0.3) is 11.3 Å². The Labute approximate surface area is 176 Å². The second kappa shape index (κ2) is 7.78. The molecule has 0 spiro atoms. The van der Waals surface area contributed by atoms with Crippen LogP contribution in [0.3, 0.4) is 0 Å². The highest BCUT2D eigenvalue weighted by Gasteiger charge is 2.25. The first-order chi connectivity index (χ1) is 15.0. The number of halogens is 2. The molecule has 3 N–H and O–H groups in total. The summed E-state index contributed by atoms with van der Waals surface area (Å²) in [5, 5.41) is 17.5. The standard InChI is InChI=1S/C21H19F2N7O/c1-11-6-19(26-20-9-17(28-29-20)12-2-3-12)27-21(25-11)24-10-14-8-18(30-31-14)13-4-5-15(22)16(23)7-13/h4-9,12H,2-3,10H2,1H3,(H3,24,25,26,27,28,29). The molecule has 4 aromatic rings. The predicted octanol–water partition coefficient (Wildman–Crippen LogP) is 4.67. The van der Waals surface area contributed by atoms with Crippen LogP contribution < -0.4 is 10.6 Å². The maximum Gasteiger partial charge on any atom is 0.225 e. The van der Waals surface area contributed by atoms with E-state index in [2.05, 4.69) is 36.0 Å². The van der Waals surface area contributed by atoms with Gasteiger partial charge in [-0.1, -0.05) is 5.16 Å². The highest BCUT2D eigenvalue weighted by molar-refractivity contribution is 5.59. The Hall–Kier alpha value is -3.82. The number of H-pyrrole nitrogens is 1. The molecule has 0 atom stereocenters. The minimum absolute atomic E-state index is 0.272. The number of hydrogen-bond donors (Lipinski definition) is 3. The molecule has 3 heterocycles. The number of anilines is 3. The third-order valence-electron chi connectivity index (χ3n) is 4.92. The molecule has 3 aromatic heterocycles. The number of hydrogen-bond acceptors (Lipinski definition) is 7. The third-order valence-corrected chi connectivity index (χ3v) is 4.92. The van der Waals surface area contributed by atoms with E-state index >= 15 is 0 Å². The highest BCUT2D eigenvalue weighted by Crippen LogP contribution is 2.39. The zero-order chi connectivity index (χ0) is 21.4. The van der Waals surface area contributed by atoms with Gasteiger partial charge in [0.05, 0.1) is 6.54 Å². The Morgan fingerprint density at radius 1 is 1.06 bits per heavy atom. The van der Waals surface area contributed by atoms with Crippen LogP contribution in [-0.2, 0) is 6.54 Å². The smallest absolute Gasteiger partial charge is 0.225 e. The van der Waals surface area contributed by atoms with Crippen LogP contribution >= 0.6 is 0 Å². The molecule has 0 aliphatic heterocycles. The number of nitrogens with one attached hydrogen (secondary N) is 3. The van der Waals surface area contributed by atoms with Gasteiger partial charge in [0.2, 0.25) is 5.95 Å². The summed E-state index contributed by atoms with van der Waals surface area (Å²) >= 11 is 0. The van der Waals surface area contributed by atoms with Crippen molar-refractivity contribution in [1.29, 1.82) is 0 Å². The molecule has 0 saturated heterocycles. The van der Waals surface area contributed by atoms with Gasteiger partial charge in [0, 0.05) is 41.1 Å². The van der Waals surface area contributed by atoms with Crippen molar-refractivity contribution >= 4 is 17.6 Å². The van der Waals surface area contributed by atoms with Crippen LogP contribution in [0.1, 0.15) is 35.9 Å². The summed E-state index contributed by atoms with van der Waals surface area (Å²) in [6.45, 7) is 2.14. The molecule has 0 bridgehead atoms. The number of aryl methyl sites for hydroxylation is 1. The number of aromatic amines is 1. The molecular formula is C21H19F2N7O. The lowest BCUT2D eigenvalue weighted by atomic mass is 10.1. The first-order valence-electron chi connectivity index (χ1n) is 9.86. The fraction of sp³-hybridized carbons (Fsp3) is 0.238. The predicted molar refractivity (Wildman–Crippen MR) is 110 cm³/mol. The molecule has 5 rings (SSSR count). The van der Waals surface area contributed by atoms with E-state index in [0.29, 0.717) is 40.5 Å². The summed E-state index contributed by atoms with van der Waals surface area (Å²) in [6.07, 6.45) is 2.39. The minimum Gasteiger partial charge on any atom is -0.359 e. The molecule has 0 amide bonds. The van der Waals surface area contributed by atoms with Crippen molar-refractivity contribution in [3.05, 3.63) is 65.2 Å². The summed E-state index contributed by atoms with van der Waals surface area (Å²) in [7, 11) is 0. The van der Waals surface area contributed by atoms with Gasteiger partial charge in [-0.05, 0) is 38.0 Å². The summed E-state index contributed by atoms with van der Waals surface area (Å²) in [6, 6.07) is 9.05. The molecule has 1 aliphatic carbocycles. The largest absolute Gasteiger partial charge is 0.359 e. The van der Waals surface area contributed by atoms with Gasteiger partial charge in [0.25, 0.3) is 0 Å². The van der Waals surface area contributed by atoms with Crippen LogP contribution in [0.2, 0.25) is 0 Å². The van der Waals surface area contributed by atoms with E-state index in [1.807, 2.05) is 19.1 Å². The van der Waals surface area contributed by atoms with Crippen LogP contribution in [0, 0.1) is 18.6 Å². The zero-order valence-corrected chi connectivity index (χ0v) is 16.6. The quantitative estimate of drug-likeness (QED) is 0.397. The molecular weight excluding hydrogens is 404 g/mol. The normalized spacial score (nSPS) is 13.4. The van der Waals surface area contributed by atoms with Gasteiger partial charge < -0.3 is 15.2 Å². The third kappa shape index (κ3) is 4.37.